The number of benzene rings is 2. The van der Waals surface area contributed by atoms with Crippen LogP contribution in [0.5, 0.6) is 0 Å². The number of hydrogen-bond donors (Lipinski definition) is 2. The summed E-state index contributed by atoms with van der Waals surface area (Å²) in [6, 6.07) is 12.8. The number of aromatic amines is 1. The lowest BCUT2D eigenvalue weighted by Gasteiger charge is -2.07. The summed E-state index contributed by atoms with van der Waals surface area (Å²) in [5.74, 6) is 0.873. The van der Waals surface area contributed by atoms with E-state index in [2.05, 4.69) is 14.7 Å². The number of aromatic nitrogens is 2. The molecule has 0 aliphatic heterocycles. The van der Waals surface area contributed by atoms with Crippen LogP contribution in [0.3, 0.4) is 0 Å². The molecule has 0 saturated carbocycles. The van der Waals surface area contributed by atoms with E-state index >= 15 is 0 Å². The molecule has 0 aliphatic rings. The van der Waals surface area contributed by atoms with Gasteiger partial charge in [0.05, 0.1) is 15.9 Å². The number of imidazole rings is 1. The summed E-state index contributed by atoms with van der Waals surface area (Å²) >= 11 is 0. The van der Waals surface area contributed by atoms with Gasteiger partial charge in [0.15, 0.2) is 0 Å². The molecule has 0 atom stereocenters. The van der Waals surface area contributed by atoms with Crippen molar-refractivity contribution >= 4 is 21.1 Å². The highest BCUT2D eigenvalue weighted by Crippen LogP contribution is 2.14. The zero-order chi connectivity index (χ0) is 16.4. The molecule has 0 spiro atoms. The van der Waals surface area contributed by atoms with E-state index in [1.54, 1.807) is 18.2 Å². The van der Waals surface area contributed by atoms with Crippen LogP contribution < -0.4 is 4.72 Å². The van der Waals surface area contributed by atoms with Gasteiger partial charge in [-0.2, -0.15) is 0 Å². The molecule has 3 aromatic rings. The average Bonchev–Trinajstić information content (AvgIpc) is 2.86. The van der Waals surface area contributed by atoms with Gasteiger partial charge in [-0.25, -0.2) is 18.1 Å². The van der Waals surface area contributed by atoms with Crippen LogP contribution in [0.25, 0.3) is 11.0 Å². The summed E-state index contributed by atoms with van der Waals surface area (Å²) in [6.45, 7) is 4.14. The first-order valence-corrected chi connectivity index (χ1v) is 8.94. The molecule has 1 aromatic heterocycles. The lowest BCUT2D eigenvalue weighted by molar-refractivity contribution is 0.581. The Bertz CT molecular complexity index is 945. The van der Waals surface area contributed by atoms with E-state index in [1.165, 1.54) is 0 Å². The van der Waals surface area contributed by atoms with Gasteiger partial charge in [0.1, 0.15) is 5.82 Å². The highest BCUT2D eigenvalue weighted by molar-refractivity contribution is 7.89. The summed E-state index contributed by atoms with van der Waals surface area (Å²) in [6.07, 6.45) is 0.624. The average molecular weight is 329 g/mol. The summed E-state index contributed by atoms with van der Waals surface area (Å²) in [5, 5.41) is 0. The lowest BCUT2D eigenvalue weighted by atomic mass is 10.1. The molecule has 0 unspecified atom stereocenters. The SMILES string of the molecule is Cc1cccc(S(=O)(=O)NCCc2ccc3nc(C)[nH]c3c2)c1. The number of fused-ring (bicyclic) bond motifs is 1. The fourth-order valence-corrected chi connectivity index (χ4v) is 3.67. The molecule has 2 N–H and O–H groups in total. The Hall–Kier alpha value is -2.18. The van der Waals surface area contributed by atoms with E-state index in [9.17, 15) is 8.42 Å². The Kier molecular flexibility index (Phi) is 4.19. The molecule has 0 amide bonds. The monoisotopic (exact) mass is 329 g/mol. The van der Waals surface area contributed by atoms with Crippen molar-refractivity contribution in [2.75, 3.05) is 6.54 Å². The number of nitrogens with zero attached hydrogens (tertiary/aromatic N) is 1. The van der Waals surface area contributed by atoms with Crippen LogP contribution in [-0.2, 0) is 16.4 Å². The number of rotatable bonds is 5. The quantitative estimate of drug-likeness (QED) is 0.756. The normalized spacial score (nSPS) is 11.9. The number of nitrogens with one attached hydrogen (secondary N) is 2. The largest absolute Gasteiger partial charge is 0.342 e. The Morgan fingerprint density at radius 2 is 1.96 bits per heavy atom. The fraction of sp³-hybridized carbons (Fsp3) is 0.235. The third-order valence-electron chi connectivity index (χ3n) is 3.67. The highest BCUT2D eigenvalue weighted by Gasteiger charge is 2.13. The van der Waals surface area contributed by atoms with Crippen LogP contribution in [0.1, 0.15) is 17.0 Å². The Balaban J connectivity index is 1.68. The molecular formula is C17H19N3O2S. The molecule has 6 heteroatoms. The van der Waals surface area contributed by atoms with Gasteiger partial charge in [-0.3, -0.25) is 0 Å². The van der Waals surface area contributed by atoms with Crippen LogP contribution >= 0.6 is 0 Å². The molecule has 23 heavy (non-hydrogen) atoms. The number of aryl methyl sites for hydroxylation is 2. The predicted octanol–water partition coefficient (Wildman–Crippen LogP) is 2.70. The van der Waals surface area contributed by atoms with Crippen LogP contribution in [0.15, 0.2) is 47.4 Å². The second kappa shape index (κ2) is 6.14. The Labute approximate surface area is 135 Å². The summed E-state index contributed by atoms with van der Waals surface area (Å²) in [5.41, 5.74) is 3.88. The number of sulfonamides is 1. The van der Waals surface area contributed by atoms with E-state index < -0.39 is 10.0 Å². The molecule has 3 rings (SSSR count). The van der Waals surface area contributed by atoms with Crippen molar-refractivity contribution in [3.05, 3.63) is 59.4 Å². The molecule has 0 bridgehead atoms. The minimum absolute atomic E-state index is 0.303. The topological polar surface area (TPSA) is 74.8 Å². The van der Waals surface area contributed by atoms with Gasteiger partial charge in [-0.1, -0.05) is 18.2 Å². The first-order chi connectivity index (χ1) is 10.9. The smallest absolute Gasteiger partial charge is 0.240 e. The maximum Gasteiger partial charge on any atom is 0.240 e. The minimum Gasteiger partial charge on any atom is -0.342 e. The van der Waals surface area contributed by atoms with Gasteiger partial charge in [0, 0.05) is 6.54 Å². The summed E-state index contributed by atoms with van der Waals surface area (Å²) in [7, 11) is -3.46. The van der Waals surface area contributed by atoms with Gasteiger partial charge < -0.3 is 4.98 Å². The van der Waals surface area contributed by atoms with E-state index in [0.29, 0.717) is 17.9 Å². The Morgan fingerprint density at radius 1 is 1.13 bits per heavy atom. The maximum atomic E-state index is 12.3. The fourth-order valence-electron chi connectivity index (χ4n) is 2.54. The van der Waals surface area contributed by atoms with Gasteiger partial charge in [0.25, 0.3) is 0 Å². The molecule has 0 aliphatic carbocycles. The molecule has 0 fully saturated rings. The Morgan fingerprint density at radius 3 is 2.74 bits per heavy atom. The van der Waals surface area contributed by atoms with Crippen molar-refractivity contribution < 1.29 is 8.42 Å². The molecule has 2 aromatic carbocycles. The third kappa shape index (κ3) is 3.60. The van der Waals surface area contributed by atoms with Gasteiger partial charge in [-0.05, 0) is 55.7 Å². The zero-order valence-corrected chi connectivity index (χ0v) is 13.9. The number of H-pyrrole nitrogens is 1. The summed E-state index contributed by atoms with van der Waals surface area (Å²) < 4.78 is 27.2. The van der Waals surface area contributed by atoms with Crippen molar-refractivity contribution in [1.82, 2.24) is 14.7 Å². The van der Waals surface area contributed by atoms with Crippen LogP contribution in [0.4, 0.5) is 0 Å². The second-order valence-corrected chi connectivity index (χ2v) is 7.40. The van der Waals surface area contributed by atoms with E-state index in [1.807, 2.05) is 38.1 Å². The van der Waals surface area contributed by atoms with Gasteiger partial charge in [-0.15, -0.1) is 0 Å². The predicted molar refractivity (Wildman–Crippen MR) is 90.9 cm³/mol. The van der Waals surface area contributed by atoms with Crippen LogP contribution in [0, 0.1) is 13.8 Å². The first-order valence-electron chi connectivity index (χ1n) is 7.46. The minimum atomic E-state index is -3.46. The number of hydrogen-bond acceptors (Lipinski definition) is 3. The molecule has 5 nitrogen and oxygen atoms in total. The van der Waals surface area contributed by atoms with E-state index in [-0.39, 0.29) is 0 Å². The first kappa shape index (κ1) is 15.7. The van der Waals surface area contributed by atoms with Crippen molar-refractivity contribution in [1.29, 1.82) is 0 Å². The molecule has 0 saturated heterocycles. The van der Waals surface area contributed by atoms with Gasteiger partial charge in [0.2, 0.25) is 10.0 Å². The molecular weight excluding hydrogens is 310 g/mol. The zero-order valence-electron chi connectivity index (χ0n) is 13.1. The highest BCUT2D eigenvalue weighted by atomic mass is 32.2. The molecule has 120 valence electrons. The van der Waals surface area contributed by atoms with Crippen LogP contribution in [-0.4, -0.2) is 24.9 Å². The van der Waals surface area contributed by atoms with Crippen molar-refractivity contribution in [2.24, 2.45) is 0 Å². The third-order valence-corrected chi connectivity index (χ3v) is 5.13. The molecule has 0 radical (unpaired) electrons. The van der Waals surface area contributed by atoms with E-state index in [0.717, 1.165) is 28.0 Å². The van der Waals surface area contributed by atoms with E-state index in [4.69, 9.17) is 0 Å². The maximum absolute atomic E-state index is 12.3. The molecule has 1 heterocycles. The van der Waals surface area contributed by atoms with Gasteiger partial charge >= 0.3 is 0 Å². The summed E-state index contributed by atoms with van der Waals surface area (Å²) in [4.78, 5) is 7.85. The van der Waals surface area contributed by atoms with Crippen molar-refractivity contribution in [3.63, 3.8) is 0 Å². The van der Waals surface area contributed by atoms with Crippen molar-refractivity contribution in [3.8, 4) is 0 Å². The lowest BCUT2D eigenvalue weighted by Crippen LogP contribution is -2.26. The van der Waals surface area contributed by atoms with Crippen molar-refractivity contribution in [2.45, 2.75) is 25.2 Å². The second-order valence-electron chi connectivity index (χ2n) is 5.64. The standard InChI is InChI=1S/C17H19N3O2S/c1-12-4-3-5-15(10-12)23(21,22)18-9-8-14-6-7-16-17(11-14)20-13(2)19-16/h3-7,10-11,18H,8-9H2,1-2H3,(H,19,20). The van der Waals surface area contributed by atoms with Crippen LogP contribution in [0.2, 0.25) is 0 Å².